The minimum absolute atomic E-state index is 0.357. The molecule has 0 bridgehead atoms. The standard InChI is InChI=1S/C28H25F5O3/c1-2-3-19-16-34-27(35-17-19)22-10-8-21(9-11-22)20-6-4-18(5-7-20)12-13-28(32,33)36-23-14-24(29)26(31)25(30)15-23/h4-15,19,27H,2-3,16-17H2,1H3/b13-12+. The van der Waals surface area contributed by atoms with Crippen LogP contribution in [0.25, 0.3) is 17.2 Å². The first-order chi connectivity index (χ1) is 17.2. The molecule has 1 aliphatic heterocycles. The first-order valence-corrected chi connectivity index (χ1v) is 11.6. The second kappa shape index (κ2) is 11.2. The molecule has 3 aromatic rings. The zero-order valence-electron chi connectivity index (χ0n) is 19.5. The maximum absolute atomic E-state index is 14.1. The van der Waals surface area contributed by atoms with Gasteiger partial charge in [0.05, 0.1) is 13.2 Å². The van der Waals surface area contributed by atoms with Crippen molar-refractivity contribution in [2.24, 2.45) is 5.92 Å². The van der Waals surface area contributed by atoms with Gasteiger partial charge in [-0.2, -0.15) is 8.78 Å². The van der Waals surface area contributed by atoms with Crippen LogP contribution < -0.4 is 4.74 Å². The lowest BCUT2D eigenvalue weighted by Crippen LogP contribution is -2.26. The van der Waals surface area contributed by atoms with Crippen LogP contribution in [0.3, 0.4) is 0 Å². The van der Waals surface area contributed by atoms with Crippen molar-refractivity contribution >= 4 is 6.08 Å². The van der Waals surface area contributed by atoms with Crippen molar-refractivity contribution in [2.75, 3.05) is 13.2 Å². The summed E-state index contributed by atoms with van der Waals surface area (Å²) in [6.45, 7) is 3.49. The molecule has 1 heterocycles. The highest BCUT2D eigenvalue weighted by Gasteiger charge is 2.29. The van der Waals surface area contributed by atoms with Gasteiger partial charge in [-0.25, -0.2) is 13.2 Å². The van der Waals surface area contributed by atoms with Gasteiger partial charge in [0.1, 0.15) is 5.75 Å². The summed E-state index contributed by atoms with van der Waals surface area (Å²) in [5, 5.41) is 0. The van der Waals surface area contributed by atoms with Crippen LogP contribution in [0.1, 0.15) is 37.2 Å². The van der Waals surface area contributed by atoms with Crippen LogP contribution in [0.4, 0.5) is 22.0 Å². The molecule has 36 heavy (non-hydrogen) atoms. The van der Waals surface area contributed by atoms with E-state index >= 15 is 0 Å². The van der Waals surface area contributed by atoms with Crippen LogP contribution >= 0.6 is 0 Å². The molecule has 0 radical (unpaired) electrons. The number of alkyl halides is 2. The van der Waals surface area contributed by atoms with Crippen molar-refractivity contribution in [3.8, 4) is 16.9 Å². The topological polar surface area (TPSA) is 27.7 Å². The van der Waals surface area contributed by atoms with Crippen LogP contribution in [0.2, 0.25) is 0 Å². The molecule has 3 nitrogen and oxygen atoms in total. The summed E-state index contributed by atoms with van der Waals surface area (Å²) in [5.41, 5.74) is 3.20. The van der Waals surface area contributed by atoms with E-state index in [2.05, 4.69) is 11.7 Å². The van der Waals surface area contributed by atoms with Crippen molar-refractivity contribution < 1.29 is 36.2 Å². The molecule has 0 aliphatic carbocycles. The second-order valence-electron chi connectivity index (χ2n) is 8.60. The molecule has 1 aliphatic rings. The largest absolute Gasteiger partial charge is 0.429 e. The third-order valence-electron chi connectivity index (χ3n) is 5.77. The highest BCUT2D eigenvalue weighted by atomic mass is 19.3. The van der Waals surface area contributed by atoms with Gasteiger partial charge in [0, 0.05) is 29.7 Å². The Morgan fingerprint density at radius 1 is 0.889 bits per heavy atom. The summed E-state index contributed by atoms with van der Waals surface area (Å²) in [7, 11) is 0. The van der Waals surface area contributed by atoms with E-state index in [9.17, 15) is 22.0 Å². The Labute approximate surface area is 206 Å². The Morgan fingerprint density at radius 2 is 1.44 bits per heavy atom. The third kappa shape index (κ3) is 6.50. The summed E-state index contributed by atoms with van der Waals surface area (Å²) in [4.78, 5) is 0. The highest BCUT2D eigenvalue weighted by molar-refractivity contribution is 5.66. The predicted molar refractivity (Wildman–Crippen MR) is 126 cm³/mol. The van der Waals surface area contributed by atoms with Crippen molar-refractivity contribution in [1.29, 1.82) is 0 Å². The lowest BCUT2D eigenvalue weighted by Gasteiger charge is -2.29. The van der Waals surface area contributed by atoms with Gasteiger partial charge in [-0.15, -0.1) is 0 Å². The Bertz CT molecular complexity index is 1160. The fraction of sp³-hybridized carbons (Fsp3) is 0.286. The summed E-state index contributed by atoms with van der Waals surface area (Å²) in [6, 6.07) is 15.3. The van der Waals surface area contributed by atoms with Crippen molar-refractivity contribution in [3.05, 3.63) is 95.3 Å². The van der Waals surface area contributed by atoms with E-state index in [1.807, 2.05) is 24.3 Å². The Balaban J connectivity index is 1.37. The normalized spacial score (nSPS) is 18.5. The summed E-state index contributed by atoms with van der Waals surface area (Å²) >= 11 is 0. The quantitative estimate of drug-likeness (QED) is 0.230. The first kappa shape index (κ1) is 25.9. The van der Waals surface area contributed by atoms with Crippen molar-refractivity contribution in [3.63, 3.8) is 0 Å². The lowest BCUT2D eigenvalue weighted by atomic mass is 10.0. The third-order valence-corrected chi connectivity index (χ3v) is 5.77. The second-order valence-corrected chi connectivity index (χ2v) is 8.60. The minimum atomic E-state index is -3.87. The molecule has 0 N–H and O–H groups in total. The summed E-state index contributed by atoms with van der Waals surface area (Å²) in [5.74, 6) is -5.39. The number of ether oxygens (including phenoxy) is 3. The van der Waals surface area contributed by atoms with Gasteiger partial charge in [-0.05, 0) is 29.2 Å². The first-order valence-electron chi connectivity index (χ1n) is 11.6. The average molecular weight is 504 g/mol. The number of hydrogen-bond donors (Lipinski definition) is 0. The fourth-order valence-electron chi connectivity index (χ4n) is 3.91. The zero-order valence-corrected chi connectivity index (χ0v) is 19.5. The average Bonchev–Trinajstić information content (AvgIpc) is 2.87. The van der Waals surface area contributed by atoms with Gasteiger partial charge in [0.25, 0.3) is 0 Å². The van der Waals surface area contributed by atoms with Crippen molar-refractivity contribution in [2.45, 2.75) is 32.2 Å². The van der Waals surface area contributed by atoms with Gasteiger partial charge >= 0.3 is 6.11 Å². The molecule has 3 aromatic carbocycles. The van der Waals surface area contributed by atoms with Gasteiger partial charge in [-0.1, -0.05) is 61.9 Å². The molecule has 190 valence electrons. The molecule has 0 aromatic heterocycles. The molecular weight excluding hydrogens is 479 g/mol. The molecule has 0 saturated carbocycles. The number of hydrogen-bond acceptors (Lipinski definition) is 3. The Kier molecular flexibility index (Phi) is 8.06. The van der Waals surface area contributed by atoms with E-state index in [0.29, 0.717) is 42.9 Å². The van der Waals surface area contributed by atoms with E-state index in [1.54, 1.807) is 24.3 Å². The monoisotopic (exact) mass is 504 g/mol. The smallest absolute Gasteiger partial charge is 0.419 e. The molecule has 0 amide bonds. The van der Waals surface area contributed by atoms with Crippen LogP contribution in [-0.4, -0.2) is 19.3 Å². The van der Waals surface area contributed by atoms with Gasteiger partial charge in [0.15, 0.2) is 23.7 Å². The Hall–Kier alpha value is -3.23. The van der Waals surface area contributed by atoms with Gasteiger partial charge < -0.3 is 14.2 Å². The van der Waals surface area contributed by atoms with Crippen LogP contribution in [0.5, 0.6) is 5.75 Å². The zero-order chi connectivity index (χ0) is 25.7. The van der Waals surface area contributed by atoms with Gasteiger partial charge in [0.2, 0.25) is 0 Å². The maximum atomic E-state index is 14.1. The van der Waals surface area contributed by atoms with E-state index in [1.165, 1.54) is 0 Å². The molecular formula is C28H25F5O3. The number of halogens is 5. The van der Waals surface area contributed by atoms with E-state index in [-0.39, 0.29) is 6.29 Å². The number of benzene rings is 3. The van der Waals surface area contributed by atoms with E-state index in [4.69, 9.17) is 9.47 Å². The van der Waals surface area contributed by atoms with Crippen LogP contribution in [0, 0.1) is 23.4 Å². The number of rotatable bonds is 8. The maximum Gasteiger partial charge on any atom is 0.419 e. The molecule has 0 atom stereocenters. The molecule has 4 rings (SSSR count). The molecule has 8 heteroatoms. The molecule has 0 spiro atoms. The Morgan fingerprint density at radius 3 is 2.00 bits per heavy atom. The molecule has 0 unspecified atom stereocenters. The van der Waals surface area contributed by atoms with E-state index < -0.39 is 29.3 Å². The van der Waals surface area contributed by atoms with Crippen molar-refractivity contribution in [1.82, 2.24) is 0 Å². The molecule has 1 fully saturated rings. The minimum Gasteiger partial charge on any atom is -0.429 e. The lowest BCUT2D eigenvalue weighted by molar-refractivity contribution is -0.206. The predicted octanol–water partition coefficient (Wildman–Crippen LogP) is 7.92. The van der Waals surface area contributed by atoms with Crippen LogP contribution in [-0.2, 0) is 9.47 Å². The SMILES string of the molecule is CCCC1COC(c2ccc(-c3ccc(/C=C/C(F)(F)Oc4cc(F)c(F)c(F)c4)cc3)cc2)OC1. The molecule has 1 saturated heterocycles. The summed E-state index contributed by atoms with van der Waals surface area (Å²) in [6.07, 6.45) is -0.509. The van der Waals surface area contributed by atoms with Crippen LogP contribution in [0.15, 0.2) is 66.7 Å². The summed E-state index contributed by atoms with van der Waals surface area (Å²) < 4.78 is 83.6. The van der Waals surface area contributed by atoms with Gasteiger partial charge in [-0.3, -0.25) is 0 Å². The highest BCUT2D eigenvalue weighted by Crippen LogP contribution is 2.30. The fourth-order valence-corrected chi connectivity index (χ4v) is 3.91. The van der Waals surface area contributed by atoms with E-state index in [0.717, 1.165) is 35.6 Å².